The third-order valence-corrected chi connectivity index (χ3v) is 3.96. The molecule has 1 N–H and O–H groups in total. The molecule has 0 saturated carbocycles. The zero-order valence-electron chi connectivity index (χ0n) is 16.2. The Bertz CT molecular complexity index is 810. The first kappa shape index (κ1) is 21.6. The van der Waals surface area contributed by atoms with Crippen molar-refractivity contribution < 1.29 is 23.8 Å². The monoisotopic (exact) mass is 405 g/mol. The SMILES string of the molecule is CCOc1cc(C(=O)NCC(=O)c2cccc(Cl)c2)cc(OCC)c1OCC. The standard InChI is InChI=1S/C21H24ClNO5/c1-4-26-18-11-15(12-19(27-5-2)20(18)28-6-3)21(25)23-13-17(24)14-8-7-9-16(22)10-14/h7-12H,4-6,13H2,1-3H3,(H,23,25). The van der Waals surface area contributed by atoms with Gasteiger partial charge in [0.15, 0.2) is 17.3 Å². The van der Waals surface area contributed by atoms with Gasteiger partial charge in [0, 0.05) is 16.1 Å². The summed E-state index contributed by atoms with van der Waals surface area (Å²) < 4.78 is 16.8. The molecule has 0 aliphatic carbocycles. The lowest BCUT2D eigenvalue weighted by atomic mass is 10.1. The molecule has 2 aromatic rings. The lowest BCUT2D eigenvalue weighted by molar-refractivity contribution is 0.0903. The van der Waals surface area contributed by atoms with Crippen molar-refractivity contribution in [1.29, 1.82) is 0 Å². The number of rotatable bonds is 10. The zero-order chi connectivity index (χ0) is 20.5. The maximum absolute atomic E-state index is 12.6. The van der Waals surface area contributed by atoms with Gasteiger partial charge in [0.2, 0.25) is 5.75 Å². The summed E-state index contributed by atoms with van der Waals surface area (Å²) in [4.78, 5) is 24.9. The number of nitrogens with one attached hydrogen (secondary N) is 1. The molecule has 0 saturated heterocycles. The second-order valence-corrected chi connectivity index (χ2v) is 6.15. The van der Waals surface area contributed by atoms with Crippen LogP contribution in [0.15, 0.2) is 36.4 Å². The van der Waals surface area contributed by atoms with Crippen LogP contribution < -0.4 is 19.5 Å². The molecule has 2 rings (SSSR count). The topological polar surface area (TPSA) is 73.9 Å². The maximum Gasteiger partial charge on any atom is 0.251 e. The van der Waals surface area contributed by atoms with Gasteiger partial charge >= 0.3 is 0 Å². The number of Topliss-reactive ketones (excluding diaryl/α,β-unsaturated/α-hetero) is 1. The number of halogens is 1. The second kappa shape index (κ2) is 10.6. The first-order valence-corrected chi connectivity index (χ1v) is 9.51. The largest absolute Gasteiger partial charge is 0.490 e. The fourth-order valence-corrected chi connectivity index (χ4v) is 2.74. The van der Waals surface area contributed by atoms with E-state index in [1.807, 2.05) is 20.8 Å². The molecule has 0 heterocycles. The summed E-state index contributed by atoms with van der Waals surface area (Å²) >= 11 is 5.90. The van der Waals surface area contributed by atoms with E-state index in [-0.39, 0.29) is 12.3 Å². The van der Waals surface area contributed by atoms with Crippen molar-refractivity contribution in [2.24, 2.45) is 0 Å². The van der Waals surface area contributed by atoms with E-state index in [1.165, 1.54) is 0 Å². The van der Waals surface area contributed by atoms with Crippen LogP contribution in [0.2, 0.25) is 5.02 Å². The van der Waals surface area contributed by atoms with Crippen LogP contribution in [0.1, 0.15) is 41.5 Å². The molecule has 0 aliphatic heterocycles. The number of amides is 1. The zero-order valence-corrected chi connectivity index (χ0v) is 17.0. The highest BCUT2D eigenvalue weighted by atomic mass is 35.5. The second-order valence-electron chi connectivity index (χ2n) is 5.72. The minimum atomic E-state index is -0.416. The van der Waals surface area contributed by atoms with E-state index in [0.717, 1.165) is 0 Å². The van der Waals surface area contributed by atoms with E-state index in [1.54, 1.807) is 36.4 Å². The molecule has 150 valence electrons. The van der Waals surface area contributed by atoms with Crippen LogP contribution in [-0.2, 0) is 0 Å². The van der Waals surface area contributed by atoms with Gasteiger partial charge in [-0.25, -0.2) is 0 Å². The number of hydrogen-bond acceptors (Lipinski definition) is 5. The molecule has 7 heteroatoms. The molecule has 28 heavy (non-hydrogen) atoms. The van der Waals surface area contributed by atoms with E-state index in [0.29, 0.717) is 53.2 Å². The minimum absolute atomic E-state index is 0.152. The van der Waals surface area contributed by atoms with Crippen LogP contribution in [-0.4, -0.2) is 38.1 Å². The molecule has 2 aromatic carbocycles. The molecule has 0 unspecified atom stereocenters. The minimum Gasteiger partial charge on any atom is -0.490 e. The summed E-state index contributed by atoms with van der Waals surface area (Å²) in [7, 11) is 0. The third kappa shape index (κ3) is 5.63. The van der Waals surface area contributed by atoms with Crippen molar-refractivity contribution >= 4 is 23.3 Å². The van der Waals surface area contributed by atoms with Crippen LogP contribution in [0.4, 0.5) is 0 Å². The number of benzene rings is 2. The first-order chi connectivity index (χ1) is 13.5. The average Bonchev–Trinajstić information content (AvgIpc) is 2.68. The number of ketones is 1. The van der Waals surface area contributed by atoms with Crippen molar-refractivity contribution in [3.05, 3.63) is 52.5 Å². The number of hydrogen-bond donors (Lipinski definition) is 1. The Labute approximate surface area is 169 Å². The first-order valence-electron chi connectivity index (χ1n) is 9.13. The lowest BCUT2D eigenvalue weighted by Crippen LogP contribution is -2.29. The van der Waals surface area contributed by atoms with Crippen molar-refractivity contribution in [2.45, 2.75) is 20.8 Å². The molecule has 1 amide bonds. The number of ether oxygens (including phenoxy) is 3. The normalized spacial score (nSPS) is 10.3. The smallest absolute Gasteiger partial charge is 0.251 e. The maximum atomic E-state index is 12.6. The molecule has 0 atom stereocenters. The van der Waals surface area contributed by atoms with Gasteiger partial charge in [0.1, 0.15) is 0 Å². The number of carbonyl (C=O) groups is 2. The Balaban J connectivity index is 2.20. The Hall–Kier alpha value is -2.73. The molecule has 0 radical (unpaired) electrons. The Morgan fingerprint density at radius 1 is 0.893 bits per heavy atom. The highest BCUT2D eigenvalue weighted by Crippen LogP contribution is 2.39. The fraction of sp³-hybridized carbons (Fsp3) is 0.333. The summed E-state index contributed by atoms with van der Waals surface area (Å²) in [5.41, 5.74) is 0.749. The molecular weight excluding hydrogens is 382 g/mol. The van der Waals surface area contributed by atoms with E-state index in [4.69, 9.17) is 25.8 Å². The van der Waals surface area contributed by atoms with Gasteiger partial charge in [-0.05, 0) is 45.0 Å². The lowest BCUT2D eigenvalue weighted by Gasteiger charge is -2.17. The van der Waals surface area contributed by atoms with Gasteiger partial charge in [-0.3, -0.25) is 9.59 Å². The molecule has 0 spiro atoms. The van der Waals surface area contributed by atoms with Crippen molar-refractivity contribution in [3.63, 3.8) is 0 Å². The van der Waals surface area contributed by atoms with Gasteiger partial charge in [0.25, 0.3) is 5.91 Å². The van der Waals surface area contributed by atoms with Crippen LogP contribution in [0, 0.1) is 0 Å². The summed E-state index contributed by atoms with van der Waals surface area (Å²) in [5, 5.41) is 3.09. The van der Waals surface area contributed by atoms with Crippen molar-refractivity contribution in [2.75, 3.05) is 26.4 Å². The summed E-state index contributed by atoms with van der Waals surface area (Å²) in [6.45, 7) is 6.63. The Morgan fingerprint density at radius 3 is 2.04 bits per heavy atom. The molecule has 0 bridgehead atoms. The van der Waals surface area contributed by atoms with E-state index >= 15 is 0 Å². The van der Waals surface area contributed by atoms with Gasteiger partial charge < -0.3 is 19.5 Å². The molecule has 0 aliphatic rings. The van der Waals surface area contributed by atoms with E-state index in [9.17, 15) is 9.59 Å². The molecule has 0 fully saturated rings. The van der Waals surface area contributed by atoms with Crippen molar-refractivity contribution in [1.82, 2.24) is 5.32 Å². The highest BCUT2D eigenvalue weighted by molar-refractivity contribution is 6.31. The summed E-state index contributed by atoms with van der Waals surface area (Å²) in [6, 6.07) is 9.74. The van der Waals surface area contributed by atoms with Gasteiger partial charge in [-0.2, -0.15) is 0 Å². The van der Waals surface area contributed by atoms with Crippen LogP contribution in [0.5, 0.6) is 17.2 Å². The summed E-state index contributed by atoms with van der Waals surface area (Å²) in [6.07, 6.45) is 0. The van der Waals surface area contributed by atoms with Crippen molar-refractivity contribution in [3.8, 4) is 17.2 Å². The Kier molecular flexibility index (Phi) is 8.14. The van der Waals surface area contributed by atoms with Gasteiger partial charge in [-0.1, -0.05) is 23.7 Å². The average molecular weight is 406 g/mol. The van der Waals surface area contributed by atoms with E-state index < -0.39 is 5.91 Å². The molecule has 0 aromatic heterocycles. The van der Waals surface area contributed by atoms with Crippen LogP contribution in [0.25, 0.3) is 0 Å². The quantitative estimate of drug-likeness (QED) is 0.601. The fourth-order valence-electron chi connectivity index (χ4n) is 2.55. The predicted octanol–water partition coefficient (Wildman–Crippen LogP) is 4.15. The van der Waals surface area contributed by atoms with Crippen LogP contribution >= 0.6 is 11.6 Å². The highest BCUT2D eigenvalue weighted by Gasteiger charge is 2.19. The predicted molar refractivity (Wildman–Crippen MR) is 108 cm³/mol. The molecular formula is C21H24ClNO5. The van der Waals surface area contributed by atoms with E-state index in [2.05, 4.69) is 5.32 Å². The van der Waals surface area contributed by atoms with Gasteiger partial charge in [0.05, 0.1) is 26.4 Å². The third-order valence-electron chi connectivity index (χ3n) is 3.73. The molecule has 6 nitrogen and oxygen atoms in total. The van der Waals surface area contributed by atoms with Crippen LogP contribution in [0.3, 0.4) is 0 Å². The Morgan fingerprint density at radius 2 is 1.50 bits per heavy atom. The number of carbonyl (C=O) groups excluding carboxylic acids is 2. The summed E-state index contributed by atoms with van der Waals surface area (Å²) in [5.74, 6) is 0.637. The van der Waals surface area contributed by atoms with Gasteiger partial charge in [-0.15, -0.1) is 0 Å².